The lowest BCUT2D eigenvalue weighted by atomic mass is 9.93. The number of benzene rings is 2. The summed E-state index contributed by atoms with van der Waals surface area (Å²) >= 11 is 0. The maximum absolute atomic E-state index is 5.99. The Morgan fingerprint density at radius 2 is 1.80 bits per heavy atom. The SMILES string of the molecule is Cc1cc(C)c(C2=CCN(Cc3ccccc3)CC2)cc1OC(C)C. The fourth-order valence-corrected chi connectivity index (χ4v) is 3.50. The Morgan fingerprint density at radius 1 is 1.04 bits per heavy atom. The number of nitrogens with zero attached hydrogens (tertiary/aromatic N) is 1. The van der Waals surface area contributed by atoms with Crippen LogP contribution in [0.5, 0.6) is 5.75 Å². The number of hydrogen-bond donors (Lipinski definition) is 0. The van der Waals surface area contributed by atoms with Crippen molar-refractivity contribution >= 4 is 5.57 Å². The highest BCUT2D eigenvalue weighted by Crippen LogP contribution is 2.31. The van der Waals surface area contributed by atoms with Crippen LogP contribution in [0.1, 0.15) is 42.5 Å². The number of hydrogen-bond acceptors (Lipinski definition) is 2. The molecule has 0 radical (unpaired) electrons. The van der Waals surface area contributed by atoms with Gasteiger partial charge in [0.1, 0.15) is 5.75 Å². The van der Waals surface area contributed by atoms with Crippen LogP contribution in [-0.4, -0.2) is 24.1 Å². The summed E-state index contributed by atoms with van der Waals surface area (Å²) < 4.78 is 5.99. The van der Waals surface area contributed by atoms with Gasteiger partial charge in [0.05, 0.1) is 6.10 Å². The summed E-state index contributed by atoms with van der Waals surface area (Å²) in [5, 5.41) is 0. The molecule has 2 heteroatoms. The van der Waals surface area contributed by atoms with Crippen LogP contribution in [0.2, 0.25) is 0 Å². The number of ether oxygens (including phenoxy) is 1. The summed E-state index contributed by atoms with van der Waals surface area (Å²) in [6.45, 7) is 11.6. The average molecular weight is 335 g/mol. The van der Waals surface area contributed by atoms with E-state index in [0.29, 0.717) is 0 Å². The fraction of sp³-hybridized carbons (Fsp3) is 0.391. The maximum atomic E-state index is 5.99. The zero-order valence-electron chi connectivity index (χ0n) is 15.9. The highest BCUT2D eigenvalue weighted by Gasteiger charge is 2.16. The molecule has 0 saturated carbocycles. The second kappa shape index (κ2) is 7.88. The van der Waals surface area contributed by atoms with E-state index in [4.69, 9.17) is 4.74 Å². The van der Waals surface area contributed by atoms with Gasteiger partial charge in [0.15, 0.2) is 0 Å². The van der Waals surface area contributed by atoms with E-state index in [1.807, 2.05) is 0 Å². The van der Waals surface area contributed by atoms with Crippen molar-refractivity contribution in [1.29, 1.82) is 0 Å². The lowest BCUT2D eigenvalue weighted by Crippen LogP contribution is -2.28. The second-order valence-corrected chi connectivity index (χ2v) is 7.30. The van der Waals surface area contributed by atoms with Gasteiger partial charge in [-0.2, -0.15) is 0 Å². The molecular weight excluding hydrogens is 306 g/mol. The number of aryl methyl sites for hydroxylation is 2. The average Bonchev–Trinajstić information content (AvgIpc) is 2.59. The summed E-state index contributed by atoms with van der Waals surface area (Å²) in [6.07, 6.45) is 3.69. The molecule has 0 aromatic heterocycles. The summed E-state index contributed by atoms with van der Waals surface area (Å²) in [6, 6.07) is 15.2. The fourth-order valence-electron chi connectivity index (χ4n) is 3.50. The van der Waals surface area contributed by atoms with E-state index in [9.17, 15) is 0 Å². The van der Waals surface area contributed by atoms with Crippen LogP contribution < -0.4 is 4.74 Å². The van der Waals surface area contributed by atoms with Crippen LogP contribution in [0.25, 0.3) is 5.57 Å². The molecule has 2 aromatic rings. The molecule has 1 aliphatic heterocycles. The second-order valence-electron chi connectivity index (χ2n) is 7.30. The molecule has 132 valence electrons. The molecule has 0 unspecified atom stereocenters. The summed E-state index contributed by atoms with van der Waals surface area (Å²) in [5.74, 6) is 1.02. The van der Waals surface area contributed by atoms with Gasteiger partial charge in [0, 0.05) is 19.6 Å². The molecule has 1 heterocycles. The van der Waals surface area contributed by atoms with E-state index < -0.39 is 0 Å². The molecule has 0 atom stereocenters. The lowest BCUT2D eigenvalue weighted by molar-refractivity contribution is 0.240. The van der Waals surface area contributed by atoms with Crippen molar-refractivity contribution in [3.63, 3.8) is 0 Å². The first-order chi connectivity index (χ1) is 12.0. The molecule has 0 N–H and O–H groups in total. The van der Waals surface area contributed by atoms with E-state index in [1.54, 1.807) is 0 Å². The van der Waals surface area contributed by atoms with Crippen molar-refractivity contribution in [2.75, 3.05) is 13.1 Å². The molecule has 0 aliphatic carbocycles. The Bertz CT molecular complexity index is 746. The topological polar surface area (TPSA) is 12.5 Å². The van der Waals surface area contributed by atoms with E-state index in [0.717, 1.165) is 31.8 Å². The van der Waals surface area contributed by atoms with Gasteiger partial charge in [0.25, 0.3) is 0 Å². The normalized spacial score (nSPS) is 15.3. The molecule has 2 aromatic carbocycles. The quantitative estimate of drug-likeness (QED) is 0.727. The third kappa shape index (κ3) is 4.52. The molecule has 2 nitrogen and oxygen atoms in total. The van der Waals surface area contributed by atoms with Crippen molar-refractivity contribution in [1.82, 2.24) is 4.90 Å². The molecule has 0 bridgehead atoms. The highest BCUT2D eigenvalue weighted by atomic mass is 16.5. The molecule has 0 spiro atoms. The van der Waals surface area contributed by atoms with Crippen molar-refractivity contribution in [2.24, 2.45) is 0 Å². The molecule has 0 amide bonds. The first kappa shape index (κ1) is 17.8. The van der Waals surface area contributed by atoms with Gasteiger partial charge in [0.2, 0.25) is 0 Å². The van der Waals surface area contributed by atoms with Gasteiger partial charge in [-0.05, 0) is 68.0 Å². The van der Waals surface area contributed by atoms with Gasteiger partial charge in [-0.3, -0.25) is 4.90 Å². The van der Waals surface area contributed by atoms with Gasteiger partial charge in [-0.1, -0.05) is 42.5 Å². The summed E-state index contributed by atoms with van der Waals surface area (Å²) in [7, 11) is 0. The van der Waals surface area contributed by atoms with Gasteiger partial charge in [-0.25, -0.2) is 0 Å². The minimum absolute atomic E-state index is 0.205. The monoisotopic (exact) mass is 335 g/mol. The Labute approximate surface area is 152 Å². The standard InChI is InChI=1S/C23H29NO/c1-17(2)25-23-15-22(18(3)14-19(23)4)21-10-12-24(13-11-21)16-20-8-6-5-7-9-20/h5-10,14-15,17H,11-13,16H2,1-4H3. The van der Waals surface area contributed by atoms with Crippen LogP contribution in [0.4, 0.5) is 0 Å². The van der Waals surface area contributed by atoms with Crippen LogP contribution >= 0.6 is 0 Å². The van der Waals surface area contributed by atoms with Crippen LogP contribution in [0, 0.1) is 13.8 Å². The van der Waals surface area contributed by atoms with Crippen molar-refractivity contribution in [3.05, 3.63) is 70.8 Å². The van der Waals surface area contributed by atoms with Crippen molar-refractivity contribution in [3.8, 4) is 5.75 Å². The van der Waals surface area contributed by atoms with E-state index in [2.05, 4.69) is 81.1 Å². The molecule has 0 fully saturated rings. The summed E-state index contributed by atoms with van der Waals surface area (Å²) in [5.41, 5.74) is 6.75. The van der Waals surface area contributed by atoms with E-state index >= 15 is 0 Å². The minimum atomic E-state index is 0.205. The van der Waals surface area contributed by atoms with Gasteiger partial charge in [-0.15, -0.1) is 0 Å². The third-order valence-electron chi connectivity index (χ3n) is 4.77. The number of rotatable bonds is 5. The van der Waals surface area contributed by atoms with Gasteiger partial charge < -0.3 is 4.74 Å². The van der Waals surface area contributed by atoms with Crippen molar-refractivity contribution < 1.29 is 4.74 Å². The molecule has 0 saturated heterocycles. The highest BCUT2D eigenvalue weighted by molar-refractivity contribution is 5.71. The van der Waals surface area contributed by atoms with Crippen molar-refractivity contribution in [2.45, 2.75) is 46.8 Å². The van der Waals surface area contributed by atoms with Gasteiger partial charge >= 0.3 is 0 Å². The zero-order chi connectivity index (χ0) is 17.8. The largest absolute Gasteiger partial charge is 0.491 e. The molecular formula is C23H29NO. The van der Waals surface area contributed by atoms with Crippen LogP contribution in [0.15, 0.2) is 48.5 Å². The Balaban J connectivity index is 1.74. The predicted molar refractivity (Wildman–Crippen MR) is 106 cm³/mol. The molecule has 1 aliphatic rings. The minimum Gasteiger partial charge on any atom is -0.491 e. The van der Waals surface area contributed by atoms with Crippen LogP contribution in [-0.2, 0) is 6.54 Å². The Morgan fingerprint density at radius 3 is 2.44 bits per heavy atom. The van der Waals surface area contributed by atoms with E-state index in [1.165, 1.54) is 27.8 Å². The maximum Gasteiger partial charge on any atom is 0.123 e. The third-order valence-corrected chi connectivity index (χ3v) is 4.77. The molecule has 25 heavy (non-hydrogen) atoms. The Hall–Kier alpha value is -2.06. The predicted octanol–water partition coefficient (Wildman–Crippen LogP) is 5.38. The Kier molecular flexibility index (Phi) is 5.60. The lowest BCUT2D eigenvalue weighted by Gasteiger charge is -2.27. The first-order valence-corrected chi connectivity index (χ1v) is 9.26. The zero-order valence-corrected chi connectivity index (χ0v) is 15.9. The first-order valence-electron chi connectivity index (χ1n) is 9.26. The van der Waals surface area contributed by atoms with Crippen LogP contribution in [0.3, 0.4) is 0 Å². The smallest absolute Gasteiger partial charge is 0.123 e. The molecule has 3 rings (SSSR count). The van der Waals surface area contributed by atoms with E-state index in [-0.39, 0.29) is 6.10 Å². The summed E-state index contributed by atoms with van der Waals surface area (Å²) in [4.78, 5) is 2.51.